The molecule has 1 amide bonds. The number of nitrogens with one attached hydrogen (secondary N) is 2. The van der Waals surface area contributed by atoms with E-state index in [0.29, 0.717) is 23.6 Å². The van der Waals surface area contributed by atoms with E-state index in [1.54, 1.807) is 32.4 Å². The van der Waals surface area contributed by atoms with E-state index in [0.717, 1.165) is 5.56 Å². The maximum absolute atomic E-state index is 12.1. The van der Waals surface area contributed by atoms with Gasteiger partial charge in [0.1, 0.15) is 0 Å². The van der Waals surface area contributed by atoms with Crippen LogP contribution in [0.1, 0.15) is 12.0 Å². The number of methoxy groups -OCH3 is 2. The van der Waals surface area contributed by atoms with Crippen molar-refractivity contribution in [1.82, 2.24) is 4.72 Å². The fourth-order valence-electron chi connectivity index (χ4n) is 2.35. The first-order valence-corrected chi connectivity index (χ1v) is 9.42. The van der Waals surface area contributed by atoms with Gasteiger partial charge in [-0.05, 0) is 55.4 Å². The molecule has 7 nitrogen and oxygen atoms in total. The number of anilines is 1. The molecule has 0 saturated heterocycles. The largest absolute Gasteiger partial charge is 0.493 e. The van der Waals surface area contributed by atoms with Gasteiger partial charge < -0.3 is 14.8 Å². The lowest BCUT2D eigenvalue weighted by molar-refractivity contribution is -0.116. The summed E-state index contributed by atoms with van der Waals surface area (Å²) in [6.45, 7) is 0. The molecule has 0 aliphatic carbocycles. The number of hydrogen-bond acceptors (Lipinski definition) is 5. The average molecular weight is 378 g/mol. The first kappa shape index (κ1) is 19.7. The number of rotatable bonds is 8. The molecule has 0 bridgehead atoms. The Kier molecular flexibility index (Phi) is 6.59. The summed E-state index contributed by atoms with van der Waals surface area (Å²) in [4.78, 5) is 12.2. The highest BCUT2D eigenvalue weighted by molar-refractivity contribution is 7.89. The van der Waals surface area contributed by atoms with Crippen molar-refractivity contribution in [3.8, 4) is 11.5 Å². The highest BCUT2D eigenvalue weighted by Gasteiger charge is 2.11. The van der Waals surface area contributed by atoms with E-state index in [2.05, 4.69) is 10.0 Å². The number of sulfonamides is 1. The fourth-order valence-corrected chi connectivity index (χ4v) is 3.08. The normalized spacial score (nSPS) is 11.0. The van der Waals surface area contributed by atoms with Crippen molar-refractivity contribution in [2.45, 2.75) is 17.7 Å². The molecule has 2 N–H and O–H groups in total. The van der Waals surface area contributed by atoms with Crippen molar-refractivity contribution in [3.05, 3.63) is 48.0 Å². The number of benzene rings is 2. The van der Waals surface area contributed by atoms with Gasteiger partial charge in [0.25, 0.3) is 0 Å². The number of amides is 1. The van der Waals surface area contributed by atoms with Crippen LogP contribution in [0.2, 0.25) is 0 Å². The van der Waals surface area contributed by atoms with Crippen LogP contribution in [-0.2, 0) is 21.2 Å². The second-order valence-corrected chi connectivity index (χ2v) is 7.36. The molecule has 140 valence electrons. The second kappa shape index (κ2) is 8.68. The highest BCUT2D eigenvalue weighted by atomic mass is 32.2. The molecule has 0 fully saturated rings. The molecule has 0 aliphatic rings. The van der Waals surface area contributed by atoms with Crippen molar-refractivity contribution in [2.75, 3.05) is 26.6 Å². The van der Waals surface area contributed by atoms with Crippen LogP contribution in [0.25, 0.3) is 0 Å². The summed E-state index contributed by atoms with van der Waals surface area (Å²) in [5.41, 5.74) is 1.49. The maximum atomic E-state index is 12.1. The van der Waals surface area contributed by atoms with Gasteiger partial charge in [0.2, 0.25) is 15.9 Å². The van der Waals surface area contributed by atoms with E-state index in [4.69, 9.17) is 9.47 Å². The summed E-state index contributed by atoms with van der Waals surface area (Å²) >= 11 is 0. The third-order valence-corrected chi connectivity index (χ3v) is 5.24. The van der Waals surface area contributed by atoms with Gasteiger partial charge in [-0.15, -0.1) is 0 Å². The van der Waals surface area contributed by atoms with E-state index < -0.39 is 10.0 Å². The molecule has 2 aromatic carbocycles. The van der Waals surface area contributed by atoms with E-state index >= 15 is 0 Å². The Morgan fingerprint density at radius 1 is 1.00 bits per heavy atom. The Bertz CT molecular complexity index is 864. The highest BCUT2D eigenvalue weighted by Crippen LogP contribution is 2.28. The molecule has 0 heterocycles. The molecule has 2 aromatic rings. The molecular weight excluding hydrogens is 356 g/mol. The Morgan fingerprint density at radius 3 is 2.23 bits per heavy atom. The van der Waals surface area contributed by atoms with Crippen LogP contribution in [0, 0.1) is 0 Å². The van der Waals surface area contributed by atoms with Gasteiger partial charge in [0.15, 0.2) is 11.5 Å². The quantitative estimate of drug-likeness (QED) is 0.734. The van der Waals surface area contributed by atoms with Crippen LogP contribution in [0.15, 0.2) is 47.4 Å². The van der Waals surface area contributed by atoms with Crippen molar-refractivity contribution in [1.29, 1.82) is 0 Å². The molecule has 0 radical (unpaired) electrons. The third kappa shape index (κ3) is 4.96. The van der Waals surface area contributed by atoms with Gasteiger partial charge in [-0.1, -0.05) is 6.07 Å². The first-order chi connectivity index (χ1) is 12.4. The number of carbonyl (C=O) groups is 1. The molecule has 0 spiro atoms. The minimum atomic E-state index is -3.49. The van der Waals surface area contributed by atoms with Crippen LogP contribution in [0.3, 0.4) is 0 Å². The minimum Gasteiger partial charge on any atom is -0.493 e. The topological polar surface area (TPSA) is 93.7 Å². The van der Waals surface area contributed by atoms with Crippen LogP contribution < -0.4 is 19.5 Å². The van der Waals surface area contributed by atoms with E-state index in [9.17, 15) is 13.2 Å². The molecule has 0 atom stereocenters. The Labute approximate surface area is 153 Å². The van der Waals surface area contributed by atoms with Crippen molar-refractivity contribution in [3.63, 3.8) is 0 Å². The summed E-state index contributed by atoms with van der Waals surface area (Å²) in [6, 6.07) is 11.5. The van der Waals surface area contributed by atoms with Crippen LogP contribution in [-0.4, -0.2) is 35.6 Å². The smallest absolute Gasteiger partial charge is 0.240 e. The van der Waals surface area contributed by atoms with Crippen molar-refractivity contribution in [2.24, 2.45) is 0 Å². The van der Waals surface area contributed by atoms with Crippen molar-refractivity contribution < 1.29 is 22.7 Å². The SMILES string of the molecule is CNS(=O)(=O)c1ccc(NC(=O)CCc2ccc(OC)c(OC)c2)cc1. The number of ether oxygens (including phenoxy) is 2. The summed E-state index contributed by atoms with van der Waals surface area (Å²) in [7, 11) is 0.989. The van der Waals surface area contributed by atoms with Gasteiger partial charge in [-0.2, -0.15) is 0 Å². The molecular formula is C18H22N2O5S. The van der Waals surface area contributed by atoms with E-state index in [1.807, 2.05) is 12.1 Å². The van der Waals surface area contributed by atoms with Crippen LogP contribution in [0.5, 0.6) is 11.5 Å². The fraction of sp³-hybridized carbons (Fsp3) is 0.278. The van der Waals surface area contributed by atoms with Crippen LogP contribution in [0.4, 0.5) is 5.69 Å². The lowest BCUT2D eigenvalue weighted by Gasteiger charge is -2.10. The van der Waals surface area contributed by atoms with Crippen LogP contribution >= 0.6 is 0 Å². The summed E-state index contributed by atoms with van der Waals surface area (Å²) in [5.74, 6) is 1.09. The number of carbonyl (C=O) groups excluding carboxylic acids is 1. The lowest BCUT2D eigenvalue weighted by Crippen LogP contribution is -2.18. The monoisotopic (exact) mass is 378 g/mol. The zero-order chi connectivity index (χ0) is 19.2. The van der Waals surface area contributed by atoms with Gasteiger partial charge in [0, 0.05) is 12.1 Å². The van der Waals surface area contributed by atoms with Gasteiger partial charge >= 0.3 is 0 Å². The Hall–Kier alpha value is -2.58. The van der Waals surface area contributed by atoms with Crippen molar-refractivity contribution >= 4 is 21.6 Å². The lowest BCUT2D eigenvalue weighted by atomic mass is 10.1. The first-order valence-electron chi connectivity index (χ1n) is 7.94. The molecule has 0 unspecified atom stereocenters. The predicted molar refractivity (Wildman–Crippen MR) is 99.2 cm³/mol. The maximum Gasteiger partial charge on any atom is 0.240 e. The van der Waals surface area contributed by atoms with Gasteiger partial charge in [0.05, 0.1) is 19.1 Å². The van der Waals surface area contributed by atoms with E-state index in [1.165, 1.54) is 19.2 Å². The van der Waals surface area contributed by atoms with E-state index in [-0.39, 0.29) is 17.2 Å². The number of hydrogen-bond donors (Lipinski definition) is 2. The molecule has 2 rings (SSSR count). The number of aryl methyl sites for hydroxylation is 1. The van der Waals surface area contributed by atoms with Gasteiger partial charge in [-0.3, -0.25) is 4.79 Å². The molecule has 0 aromatic heterocycles. The summed E-state index contributed by atoms with van der Waals surface area (Å²) < 4.78 is 36.0. The second-order valence-electron chi connectivity index (χ2n) is 5.47. The minimum absolute atomic E-state index is 0.142. The zero-order valence-electron chi connectivity index (χ0n) is 14.9. The third-order valence-electron chi connectivity index (χ3n) is 3.81. The summed E-state index contributed by atoms with van der Waals surface area (Å²) in [6.07, 6.45) is 0.824. The molecule has 26 heavy (non-hydrogen) atoms. The Balaban J connectivity index is 1.95. The predicted octanol–water partition coefficient (Wildman–Crippen LogP) is 2.18. The molecule has 8 heteroatoms. The average Bonchev–Trinajstić information content (AvgIpc) is 2.66. The Morgan fingerprint density at radius 2 is 1.65 bits per heavy atom. The standard InChI is InChI=1S/C18H22N2O5S/c1-19-26(22,23)15-8-6-14(7-9-15)20-18(21)11-5-13-4-10-16(24-2)17(12-13)25-3/h4,6-10,12,19H,5,11H2,1-3H3,(H,20,21). The van der Waals surface area contributed by atoms with Gasteiger partial charge in [-0.25, -0.2) is 13.1 Å². The summed E-state index contributed by atoms with van der Waals surface area (Å²) in [5, 5.41) is 2.75. The zero-order valence-corrected chi connectivity index (χ0v) is 15.7. The molecule has 0 aliphatic heterocycles. The molecule has 0 saturated carbocycles.